The molecule has 0 fully saturated rings. The molecular formula is C6H12FIO. The molecule has 0 aliphatic carbocycles. The smallest absolute Gasteiger partial charge is 0.0919 e. The van der Waals surface area contributed by atoms with Gasteiger partial charge in [0.2, 0.25) is 0 Å². The molecule has 0 aromatic heterocycles. The van der Waals surface area contributed by atoms with Gasteiger partial charge in [-0.05, 0) is 6.42 Å². The van der Waals surface area contributed by atoms with Crippen molar-refractivity contribution in [1.82, 2.24) is 0 Å². The molecule has 0 rings (SSSR count). The lowest BCUT2D eigenvalue weighted by Gasteiger charge is -2.10. The fraction of sp³-hybridized carbons (Fsp3) is 1.00. The van der Waals surface area contributed by atoms with E-state index in [1.165, 1.54) is 0 Å². The van der Waals surface area contributed by atoms with Gasteiger partial charge in [-0.15, -0.1) is 0 Å². The third-order valence-electron chi connectivity index (χ3n) is 1.20. The van der Waals surface area contributed by atoms with Gasteiger partial charge in [0.15, 0.2) is 0 Å². The number of ether oxygens (including phenoxy) is 1. The second-order valence-corrected chi connectivity index (χ2v) is 2.89. The van der Waals surface area contributed by atoms with E-state index in [-0.39, 0.29) is 12.8 Å². The first kappa shape index (κ1) is 9.62. The van der Waals surface area contributed by atoms with Gasteiger partial charge in [-0.2, -0.15) is 0 Å². The molecule has 0 saturated carbocycles. The first-order valence-corrected chi connectivity index (χ1v) is 4.52. The minimum atomic E-state index is -0.269. The molecule has 3 heteroatoms. The monoisotopic (exact) mass is 246 g/mol. The van der Waals surface area contributed by atoms with Crippen LogP contribution < -0.4 is 0 Å². The Balaban J connectivity index is 3.18. The molecule has 1 atom stereocenters. The van der Waals surface area contributed by atoms with E-state index in [1.807, 2.05) is 0 Å². The summed E-state index contributed by atoms with van der Waals surface area (Å²) in [5.74, 6) is 0. The van der Waals surface area contributed by atoms with E-state index in [9.17, 15) is 4.39 Å². The van der Waals surface area contributed by atoms with E-state index in [0.29, 0.717) is 6.42 Å². The lowest BCUT2D eigenvalue weighted by molar-refractivity contribution is 0.0873. The fourth-order valence-corrected chi connectivity index (χ4v) is 1.32. The molecule has 0 saturated heterocycles. The highest BCUT2D eigenvalue weighted by atomic mass is 127. The van der Waals surface area contributed by atoms with Crippen LogP contribution in [0.3, 0.4) is 0 Å². The van der Waals surface area contributed by atoms with Crippen LogP contribution in [0.1, 0.15) is 12.8 Å². The summed E-state index contributed by atoms with van der Waals surface area (Å²) in [6, 6.07) is 0. The van der Waals surface area contributed by atoms with Gasteiger partial charge in [-0.3, -0.25) is 4.39 Å². The molecule has 0 aliphatic heterocycles. The lowest BCUT2D eigenvalue weighted by Crippen LogP contribution is -2.11. The summed E-state index contributed by atoms with van der Waals surface area (Å²) in [6.45, 7) is -0.269. The van der Waals surface area contributed by atoms with Crippen molar-refractivity contribution in [2.45, 2.75) is 18.9 Å². The van der Waals surface area contributed by atoms with Gasteiger partial charge in [-0.25, -0.2) is 0 Å². The van der Waals surface area contributed by atoms with E-state index < -0.39 is 0 Å². The van der Waals surface area contributed by atoms with E-state index in [0.717, 1.165) is 10.8 Å². The van der Waals surface area contributed by atoms with Crippen LogP contribution in [-0.2, 0) is 4.74 Å². The Morgan fingerprint density at radius 1 is 1.56 bits per heavy atom. The number of rotatable bonds is 5. The number of methoxy groups -OCH3 is 1. The second kappa shape index (κ2) is 6.74. The summed E-state index contributed by atoms with van der Waals surface area (Å²) in [5.41, 5.74) is 0. The molecular weight excluding hydrogens is 234 g/mol. The summed E-state index contributed by atoms with van der Waals surface area (Å²) in [4.78, 5) is 0. The Morgan fingerprint density at radius 3 is 2.56 bits per heavy atom. The van der Waals surface area contributed by atoms with Crippen LogP contribution in [0.4, 0.5) is 4.39 Å². The molecule has 1 unspecified atom stereocenters. The normalized spacial score (nSPS) is 13.7. The third-order valence-corrected chi connectivity index (χ3v) is 1.82. The molecule has 56 valence electrons. The van der Waals surface area contributed by atoms with Crippen molar-refractivity contribution in [3.63, 3.8) is 0 Å². The zero-order chi connectivity index (χ0) is 7.11. The summed E-state index contributed by atoms with van der Waals surface area (Å²) < 4.78 is 17.7. The van der Waals surface area contributed by atoms with Gasteiger partial charge in [0.1, 0.15) is 0 Å². The number of hydrogen-bond acceptors (Lipinski definition) is 1. The van der Waals surface area contributed by atoms with E-state index in [2.05, 4.69) is 22.6 Å². The molecule has 0 spiro atoms. The summed E-state index contributed by atoms with van der Waals surface area (Å²) in [7, 11) is 1.63. The largest absolute Gasteiger partial charge is 0.381 e. The molecule has 0 heterocycles. The molecule has 0 amide bonds. The van der Waals surface area contributed by atoms with Crippen LogP contribution in [0.25, 0.3) is 0 Å². The average Bonchev–Trinajstić information content (AvgIpc) is 1.88. The molecule has 0 bridgehead atoms. The van der Waals surface area contributed by atoms with Crippen molar-refractivity contribution in [1.29, 1.82) is 0 Å². The molecule has 0 aromatic rings. The first-order chi connectivity index (χ1) is 4.35. The number of alkyl halides is 2. The maximum atomic E-state index is 11.7. The van der Waals surface area contributed by atoms with Crippen LogP contribution in [0.2, 0.25) is 0 Å². The van der Waals surface area contributed by atoms with E-state index >= 15 is 0 Å². The van der Waals surface area contributed by atoms with E-state index in [4.69, 9.17) is 4.74 Å². The quantitative estimate of drug-likeness (QED) is 0.533. The lowest BCUT2D eigenvalue weighted by atomic mass is 10.2. The Bertz CT molecular complexity index is 55.0. The highest BCUT2D eigenvalue weighted by Gasteiger charge is 2.03. The predicted octanol–water partition coefficient (Wildman–Crippen LogP) is 2.19. The van der Waals surface area contributed by atoms with Crippen LogP contribution in [0.5, 0.6) is 0 Å². The zero-order valence-corrected chi connectivity index (χ0v) is 7.73. The highest BCUT2D eigenvalue weighted by molar-refractivity contribution is 14.1. The van der Waals surface area contributed by atoms with Gasteiger partial charge in [0.25, 0.3) is 0 Å². The van der Waals surface area contributed by atoms with Gasteiger partial charge in [-0.1, -0.05) is 22.6 Å². The van der Waals surface area contributed by atoms with Crippen LogP contribution >= 0.6 is 22.6 Å². The van der Waals surface area contributed by atoms with Crippen molar-refractivity contribution in [2.24, 2.45) is 0 Å². The van der Waals surface area contributed by atoms with E-state index in [1.54, 1.807) is 7.11 Å². The Hall–Kier alpha value is 0.620. The van der Waals surface area contributed by atoms with Crippen molar-refractivity contribution in [3.05, 3.63) is 0 Å². The summed E-state index contributed by atoms with van der Waals surface area (Å²) in [5, 5.41) is 0. The van der Waals surface area contributed by atoms with Crippen LogP contribution in [0.15, 0.2) is 0 Å². The van der Waals surface area contributed by atoms with Crippen molar-refractivity contribution in [2.75, 3.05) is 18.2 Å². The van der Waals surface area contributed by atoms with Gasteiger partial charge >= 0.3 is 0 Å². The molecule has 0 aromatic carbocycles. The molecule has 0 N–H and O–H groups in total. The van der Waals surface area contributed by atoms with Crippen molar-refractivity contribution < 1.29 is 9.13 Å². The Labute approximate surface area is 69.1 Å². The molecule has 9 heavy (non-hydrogen) atoms. The van der Waals surface area contributed by atoms with Crippen molar-refractivity contribution in [3.8, 4) is 0 Å². The number of halogens is 2. The molecule has 0 aliphatic rings. The Morgan fingerprint density at radius 2 is 2.22 bits per heavy atom. The van der Waals surface area contributed by atoms with Gasteiger partial charge in [0, 0.05) is 18.0 Å². The maximum absolute atomic E-state index is 11.7. The third kappa shape index (κ3) is 5.08. The fourth-order valence-electron chi connectivity index (χ4n) is 0.623. The topological polar surface area (TPSA) is 9.23 Å². The molecule has 1 nitrogen and oxygen atoms in total. The minimum absolute atomic E-state index is 0.131. The van der Waals surface area contributed by atoms with Crippen LogP contribution in [-0.4, -0.2) is 24.3 Å². The van der Waals surface area contributed by atoms with Crippen molar-refractivity contribution >= 4 is 22.6 Å². The SMILES string of the molecule is COC(CCF)CCI. The predicted molar refractivity (Wildman–Crippen MR) is 44.9 cm³/mol. The average molecular weight is 246 g/mol. The Kier molecular flexibility index (Phi) is 7.20. The zero-order valence-electron chi connectivity index (χ0n) is 5.57. The van der Waals surface area contributed by atoms with Gasteiger partial charge < -0.3 is 4.74 Å². The highest BCUT2D eigenvalue weighted by Crippen LogP contribution is 2.04. The van der Waals surface area contributed by atoms with Gasteiger partial charge in [0.05, 0.1) is 12.8 Å². The van der Waals surface area contributed by atoms with Crippen LogP contribution in [0, 0.1) is 0 Å². The second-order valence-electron chi connectivity index (χ2n) is 1.81. The summed E-state index contributed by atoms with van der Waals surface area (Å²) in [6.07, 6.45) is 1.63. The first-order valence-electron chi connectivity index (χ1n) is 2.99. The maximum Gasteiger partial charge on any atom is 0.0919 e. The number of hydrogen-bond donors (Lipinski definition) is 0. The molecule has 0 radical (unpaired) electrons. The summed E-state index contributed by atoms with van der Waals surface area (Å²) >= 11 is 2.26. The standard InChI is InChI=1S/C6H12FIO/c1-9-6(2-4-7)3-5-8/h6H,2-5H2,1H3. The minimum Gasteiger partial charge on any atom is -0.381 e.